The van der Waals surface area contributed by atoms with E-state index >= 15 is 0 Å². The minimum atomic E-state index is -0.565. The number of ether oxygens (including phenoxy) is 1. The first-order valence-corrected chi connectivity index (χ1v) is 6.35. The molecule has 1 aromatic carbocycles. The quantitative estimate of drug-likeness (QED) is 0.856. The number of carbonyl (C=O) groups excluding carboxylic acids is 1. The molecule has 0 saturated heterocycles. The van der Waals surface area contributed by atoms with Gasteiger partial charge < -0.3 is 15.4 Å². The largest absolute Gasteiger partial charge is 0.493 e. The normalized spacial score (nSPS) is 13.9. The number of carbonyl (C=O) groups is 1. The molecule has 0 bridgehead atoms. The summed E-state index contributed by atoms with van der Waals surface area (Å²) in [6.07, 6.45) is 0.912. The van der Waals surface area contributed by atoms with Crippen molar-refractivity contribution in [3.05, 3.63) is 23.8 Å². The molecule has 0 atom stereocenters. The first-order valence-electron chi connectivity index (χ1n) is 6.35. The summed E-state index contributed by atoms with van der Waals surface area (Å²) in [5.74, 6) is 0.905. The van der Waals surface area contributed by atoms with Crippen molar-refractivity contribution >= 4 is 11.6 Å². The van der Waals surface area contributed by atoms with Crippen molar-refractivity contribution in [3.63, 3.8) is 0 Å². The molecule has 1 aliphatic rings. The number of rotatable bonds is 4. The zero-order valence-electron chi connectivity index (χ0n) is 11.2. The maximum Gasteiger partial charge on any atom is 0.244 e. The molecule has 0 aromatic heterocycles. The first-order chi connectivity index (χ1) is 8.53. The Bertz CT molecular complexity index is 455. The molecule has 2 N–H and O–H groups in total. The van der Waals surface area contributed by atoms with Crippen molar-refractivity contribution in [1.82, 2.24) is 5.32 Å². The molecule has 2 rings (SSSR count). The number of fused-ring (bicyclic) bond motifs is 1. The Balaban J connectivity index is 2.08. The Kier molecular flexibility index (Phi) is 3.57. The van der Waals surface area contributed by atoms with Gasteiger partial charge in [0, 0.05) is 12.1 Å². The maximum absolute atomic E-state index is 12.1. The van der Waals surface area contributed by atoms with Crippen LogP contribution in [0, 0.1) is 0 Å². The van der Waals surface area contributed by atoms with Crippen LogP contribution in [0.25, 0.3) is 0 Å². The summed E-state index contributed by atoms with van der Waals surface area (Å²) in [5.41, 5.74) is 1.42. The second kappa shape index (κ2) is 4.98. The molecule has 0 unspecified atom stereocenters. The number of amides is 1. The van der Waals surface area contributed by atoms with Gasteiger partial charge in [0.2, 0.25) is 5.91 Å². The van der Waals surface area contributed by atoms with Crippen LogP contribution < -0.4 is 15.4 Å². The second-order valence-electron chi connectivity index (χ2n) is 5.03. The van der Waals surface area contributed by atoms with Crippen molar-refractivity contribution in [2.75, 3.05) is 18.5 Å². The van der Waals surface area contributed by atoms with Crippen LogP contribution >= 0.6 is 0 Å². The molecule has 98 valence electrons. The van der Waals surface area contributed by atoms with Gasteiger partial charge in [0.05, 0.1) is 12.1 Å². The predicted octanol–water partition coefficient (Wildman–Crippen LogP) is 1.95. The fourth-order valence-corrected chi connectivity index (χ4v) is 2.07. The number of benzene rings is 1. The third kappa shape index (κ3) is 2.64. The van der Waals surface area contributed by atoms with E-state index in [-0.39, 0.29) is 5.91 Å². The lowest BCUT2D eigenvalue weighted by Gasteiger charge is -2.24. The SMILES string of the molecule is CCNC(C)(C)C(=O)Nc1ccc2c(c1)CCO2. The van der Waals surface area contributed by atoms with E-state index in [1.54, 1.807) is 0 Å². The number of nitrogens with one attached hydrogen (secondary N) is 2. The van der Waals surface area contributed by atoms with Crippen LogP contribution in [-0.2, 0) is 11.2 Å². The summed E-state index contributed by atoms with van der Waals surface area (Å²) in [6.45, 7) is 7.24. The second-order valence-corrected chi connectivity index (χ2v) is 5.03. The van der Waals surface area contributed by atoms with E-state index in [0.29, 0.717) is 0 Å². The Hall–Kier alpha value is -1.55. The summed E-state index contributed by atoms with van der Waals surface area (Å²) in [5, 5.41) is 6.10. The lowest BCUT2D eigenvalue weighted by molar-refractivity contribution is -0.121. The molecule has 0 spiro atoms. The van der Waals surface area contributed by atoms with Crippen molar-refractivity contribution < 1.29 is 9.53 Å². The standard InChI is InChI=1S/C14H20N2O2/c1-4-15-14(2,3)13(17)16-11-5-6-12-10(9-11)7-8-18-12/h5-6,9,15H,4,7-8H2,1-3H3,(H,16,17). The van der Waals surface area contributed by atoms with E-state index < -0.39 is 5.54 Å². The highest BCUT2D eigenvalue weighted by molar-refractivity contribution is 5.97. The summed E-state index contributed by atoms with van der Waals surface area (Å²) in [7, 11) is 0. The van der Waals surface area contributed by atoms with Gasteiger partial charge in [0.1, 0.15) is 5.75 Å². The van der Waals surface area contributed by atoms with Crippen molar-refractivity contribution in [1.29, 1.82) is 0 Å². The molecule has 1 amide bonds. The molecule has 1 aliphatic heterocycles. The van der Waals surface area contributed by atoms with Crippen LogP contribution in [-0.4, -0.2) is 24.6 Å². The molecule has 0 radical (unpaired) electrons. The topological polar surface area (TPSA) is 50.4 Å². The fraction of sp³-hybridized carbons (Fsp3) is 0.500. The minimum absolute atomic E-state index is 0.0248. The van der Waals surface area contributed by atoms with Gasteiger partial charge >= 0.3 is 0 Å². The van der Waals surface area contributed by atoms with Gasteiger partial charge in [-0.3, -0.25) is 4.79 Å². The lowest BCUT2D eigenvalue weighted by atomic mass is 10.0. The van der Waals surface area contributed by atoms with Gasteiger partial charge in [-0.2, -0.15) is 0 Å². The van der Waals surface area contributed by atoms with Crippen LogP contribution in [0.5, 0.6) is 5.75 Å². The Morgan fingerprint density at radius 2 is 2.22 bits per heavy atom. The van der Waals surface area contributed by atoms with E-state index in [2.05, 4.69) is 10.6 Å². The summed E-state index contributed by atoms with van der Waals surface area (Å²) < 4.78 is 5.44. The number of anilines is 1. The average molecular weight is 248 g/mol. The van der Waals surface area contributed by atoms with E-state index in [9.17, 15) is 4.79 Å². The molecule has 0 saturated carbocycles. The van der Waals surface area contributed by atoms with E-state index in [0.717, 1.165) is 36.6 Å². The summed E-state index contributed by atoms with van der Waals surface area (Å²) in [4.78, 5) is 12.1. The Morgan fingerprint density at radius 1 is 1.44 bits per heavy atom. The van der Waals surface area contributed by atoms with Gasteiger partial charge in [0.25, 0.3) is 0 Å². The fourth-order valence-electron chi connectivity index (χ4n) is 2.07. The highest BCUT2D eigenvalue weighted by Gasteiger charge is 2.26. The molecule has 0 fully saturated rings. The van der Waals surface area contributed by atoms with E-state index in [1.807, 2.05) is 39.0 Å². The molecule has 1 aromatic rings. The van der Waals surface area contributed by atoms with Crippen LogP contribution in [0.1, 0.15) is 26.3 Å². The van der Waals surface area contributed by atoms with Gasteiger partial charge in [-0.25, -0.2) is 0 Å². The Labute approximate surface area is 108 Å². The highest BCUT2D eigenvalue weighted by atomic mass is 16.5. The third-order valence-corrected chi connectivity index (χ3v) is 3.13. The van der Waals surface area contributed by atoms with Crippen LogP contribution in [0.2, 0.25) is 0 Å². The predicted molar refractivity (Wildman–Crippen MR) is 72.0 cm³/mol. The lowest BCUT2D eigenvalue weighted by Crippen LogP contribution is -2.49. The van der Waals surface area contributed by atoms with Crippen molar-refractivity contribution in [2.45, 2.75) is 32.7 Å². The molecule has 1 heterocycles. The van der Waals surface area contributed by atoms with Gasteiger partial charge in [-0.15, -0.1) is 0 Å². The molecular formula is C14H20N2O2. The maximum atomic E-state index is 12.1. The van der Waals surface area contributed by atoms with Gasteiger partial charge in [-0.05, 0) is 44.2 Å². The number of hydrogen-bond acceptors (Lipinski definition) is 3. The van der Waals surface area contributed by atoms with Gasteiger partial charge in [-0.1, -0.05) is 6.92 Å². The summed E-state index contributed by atoms with van der Waals surface area (Å²) in [6, 6.07) is 5.78. The van der Waals surface area contributed by atoms with Gasteiger partial charge in [0.15, 0.2) is 0 Å². The van der Waals surface area contributed by atoms with Crippen LogP contribution in [0.15, 0.2) is 18.2 Å². The molecule has 4 nitrogen and oxygen atoms in total. The molecule has 4 heteroatoms. The number of likely N-dealkylation sites (N-methyl/N-ethyl adjacent to an activating group) is 1. The number of hydrogen-bond donors (Lipinski definition) is 2. The molecular weight excluding hydrogens is 228 g/mol. The zero-order valence-corrected chi connectivity index (χ0v) is 11.2. The van der Waals surface area contributed by atoms with Crippen LogP contribution in [0.3, 0.4) is 0 Å². The minimum Gasteiger partial charge on any atom is -0.493 e. The monoisotopic (exact) mass is 248 g/mol. The average Bonchev–Trinajstić information content (AvgIpc) is 2.76. The molecule has 18 heavy (non-hydrogen) atoms. The Morgan fingerprint density at radius 3 is 2.94 bits per heavy atom. The van der Waals surface area contributed by atoms with E-state index in [1.165, 1.54) is 0 Å². The third-order valence-electron chi connectivity index (χ3n) is 3.13. The van der Waals surface area contributed by atoms with E-state index in [4.69, 9.17) is 4.74 Å². The molecule has 0 aliphatic carbocycles. The smallest absolute Gasteiger partial charge is 0.244 e. The van der Waals surface area contributed by atoms with Crippen molar-refractivity contribution in [3.8, 4) is 5.75 Å². The summed E-state index contributed by atoms with van der Waals surface area (Å²) >= 11 is 0. The first kappa shape index (κ1) is 12.9. The van der Waals surface area contributed by atoms with Crippen LogP contribution in [0.4, 0.5) is 5.69 Å². The zero-order chi connectivity index (χ0) is 13.2. The highest BCUT2D eigenvalue weighted by Crippen LogP contribution is 2.28. The van der Waals surface area contributed by atoms with Crippen molar-refractivity contribution in [2.24, 2.45) is 0 Å².